The lowest BCUT2D eigenvalue weighted by Gasteiger charge is -2.25. The van der Waals surface area contributed by atoms with E-state index in [1.165, 1.54) is 11.8 Å². The Morgan fingerprint density at radius 3 is 2.67 bits per heavy atom. The van der Waals surface area contributed by atoms with Crippen LogP contribution in [0.1, 0.15) is 17.8 Å². The van der Waals surface area contributed by atoms with Gasteiger partial charge in [0, 0.05) is 17.1 Å². The lowest BCUT2D eigenvalue weighted by atomic mass is 10.2. The SMILES string of the molecule is Cn1c(SCc2nnc(-c3ccc(Br)cc3)o2)nnc1C1COc2ccccc2O1. The van der Waals surface area contributed by atoms with Crippen molar-refractivity contribution in [3.63, 3.8) is 0 Å². The Labute approximate surface area is 184 Å². The molecule has 1 aliphatic rings. The van der Waals surface area contributed by atoms with Gasteiger partial charge in [0.1, 0.15) is 6.61 Å². The van der Waals surface area contributed by atoms with Gasteiger partial charge in [-0.2, -0.15) is 0 Å². The van der Waals surface area contributed by atoms with E-state index in [1.807, 2.05) is 60.1 Å². The van der Waals surface area contributed by atoms with E-state index >= 15 is 0 Å². The molecule has 1 unspecified atom stereocenters. The third-order valence-electron chi connectivity index (χ3n) is 4.55. The molecule has 4 aromatic rings. The number of benzene rings is 2. The molecule has 30 heavy (non-hydrogen) atoms. The van der Waals surface area contributed by atoms with Crippen LogP contribution in [0.25, 0.3) is 11.5 Å². The summed E-state index contributed by atoms with van der Waals surface area (Å²) in [6.45, 7) is 0.383. The zero-order chi connectivity index (χ0) is 20.5. The van der Waals surface area contributed by atoms with Crippen LogP contribution in [-0.4, -0.2) is 31.6 Å². The number of rotatable bonds is 5. The Bertz CT molecular complexity index is 1180. The van der Waals surface area contributed by atoms with Crippen molar-refractivity contribution in [1.29, 1.82) is 0 Å². The highest BCUT2D eigenvalue weighted by Crippen LogP contribution is 2.36. The first-order valence-electron chi connectivity index (χ1n) is 9.16. The molecule has 2 aromatic heterocycles. The van der Waals surface area contributed by atoms with Crippen molar-refractivity contribution in [1.82, 2.24) is 25.0 Å². The molecule has 0 N–H and O–H groups in total. The first kappa shape index (κ1) is 19.1. The molecule has 0 spiro atoms. The molecular formula is C20H16BrN5O3S. The topological polar surface area (TPSA) is 88.1 Å². The number of nitrogens with zero attached hydrogens (tertiary/aromatic N) is 5. The molecule has 0 saturated heterocycles. The van der Waals surface area contributed by atoms with E-state index in [2.05, 4.69) is 36.3 Å². The molecule has 1 aliphatic heterocycles. The number of halogens is 1. The van der Waals surface area contributed by atoms with E-state index in [9.17, 15) is 0 Å². The van der Waals surface area contributed by atoms with Gasteiger partial charge < -0.3 is 18.5 Å². The van der Waals surface area contributed by atoms with Crippen molar-refractivity contribution in [2.75, 3.05) is 6.61 Å². The van der Waals surface area contributed by atoms with Crippen molar-refractivity contribution >= 4 is 27.7 Å². The van der Waals surface area contributed by atoms with E-state index in [4.69, 9.17) is 13.9 Å². The second-order valence-electron chi connectivity index (χ2n) is 6.56. The number of thioether (sulfide) groups is 1. The fourth-order valence-electron chi connectivity index (χ4n) is 3.03. The van der Waals surface area contributed by atoms with Crippen molar-refractivity contribution in [3.8, 4) is 23.0 Å². The van der Waals surface area contributed by atoms with Gasteiger partial charge in [0.25, 0.3) is 0 Å². The van der Waals surface area contributed by atoms with Gasteiger partial charge in [-0.05, 0) is 36.4 Å². The fraction of sp³-hybridized carbons (Fsp3) is 0.200. The lowest BCUT2D eigenvalue weighted by Crippen LogP contribution is -2.24. The van der Waals surface area contributed by atoms with Crippen LogP contribution in [-0.2, 0) is 12.8 Å². The Kier molecular flexibility index (Phi) is 5.17. The molecule has 0 saturated carbocycles. The summed E-state index contributed by atoms with van der Waals surface area (Å²) in [5, 5.41) is 17.6. The third-order valence-corrected chi connectivity index (χ3v) is 6.08. The van der Waals surface area contributed by atoms with Gasteiger partial charge in [-0.25, -0.2) is 0 Å². The van der Waals surface area contributed by atoms with Gasteiger partial charge in [0.15, 0.2) is 28.6 Å². The maximum Gasteiger partial charge on any atom is 0.247 e. The summed E-state index contributed by atoms with van der Waals surface area (Å²) in [5.41, 5.74) is 0.873. The molecule has 5 rings (SSSR count). The van der Waals surface area contributed by atoms with Gasteiger partial charge in [0.2, 0.25) is 11.8 Å². The van der Waals surface area contributed by atoms with E-state index in [0.717, 1.165) is 20.9 Å². The maximum absolute atomic E-state index is 6.03. The molecule has 0 radical (unpaired) electrons. The Balaban J connectivity index is 1.26. The van der Waals surface area contributed by atoms with Crippen LogP contribution in [0.2, 0.25) is 0 Å². The smallest absolute Gasteiger partial charge is 0.247 e. The molecule has 1 atom stereocenters. The average Bonchev–Trinajstić information content (AvgIpc) is 3.39. The quantitative estimate of drug-likeness (QED) is 0.383. The first-order valence-corrected chi connectivity index (χ1v) is 10.9. The number of aromatic nitrogens is 5. The van der Waals surface area contributed by atoms with Crippen molar-refractivity contribution in [2.24, 2.45) is 7.05 Å². The highest BCUT2D eigenvalue weighted by molar-refractivity contribution is 9.10. The van der Waals surface area contributed by atoms with Gasteiger partial charge in [0.05, 0.1) is 5.75 Å². The molecule has 0 amide bonds. The zero-order valence-electron chi connectivity index (χ0n) is 15.9. The van der Waals surface area contributed by atoms with Crippen LogP contribution in [0.5, 0.6) is 11.5 Å². The minimum atomic E-state index is -0.320. The second kappa shape index (κ2) is 8.11. The third kappa shape index (κ3) is 3.80. The molecular weight excluding hydrogens is 470 g/mol. The summed E-state index contributed by atoms with van der Waals surface area (Å²) >= 11 is 4.89. The maximum atomic E-state index is 6.03. The van der Waals surface area contributed by atoms with Crippen LogP contribution in [0.4, 0.5) is 0 Å². The van der Waals surface area contributed by atoms with Crippen LogP contribution in [0, 0.1) is 0 Å². The summed E-state index contributed by atoms with van der Waals surface area (Å²) in [5.74, 6) is 3.64. The molecule has 0 bridgehead atoms. The summed E-state index contributed by atoms with van der Waals surface area (Å²) in [4.78, 5) is 0. The number of para-hydroxylation sites is 2. The number of hydrogen-bond donors (Lipinski definition) is 0. The predicted octanol–water partition coefficient (Wildman–Crippen LogP) is 4.43. The standard InChI is InChI=1S/C20H16BrN5O3S/c1-26-18(16-10-27-14-4-2-3-5-15(14)28-16)23-25-20(26)30-11-17-22-24-19(29-17)12-6-8-13(21)9-7-12/h2-9,16H,10-11H2,1H3. The van der Waals surface area contributed by atoms with Crippen LogP contribution in [0.3, 0.4) is 0 Å². The van der Waals surface area contributed by atoms with Crippen molar-refractivity contribution < 1.29 is 13.9 Å². The van der Waals surface area contributed by atoms with Gasteiger partial charge in [-0.1, -0.05) is 39.8 Å². The Hall–Kier alpha value is -2.85. The normalized spacial score (nSPS) is 15.3. The molecule has 10 heteroatoms. The Morgan fingerprint density at radius 1 is 1.03 bits per heavy atom. The molecule has 2 aromatic carbocycles. The van der Waals surface area contributed by atoms with Gasteiger partial charge >= 0.3 is 0 Å². The minimum absolute atomic E-state index is 0.320. The predicted molar refractivity (Wildman–Crippen MR) is 113 cm³/mol. The van der Waals surface area contributed by atoms with E-state index in [-0.39, 0.29) is 6.10 Å². The molecule has 152 valence electrons. The van der Waals surface area contributed by atoms with E-state index in [1.54, 1.807) is 0 Å². The molecule has 8 nitrogen and oxygen atoms in total. The van der Waals surface area contributed by atoms with Crippen LogP contribution < -0.4 is 9.47 Å². The van der Waals surface area contributed by atoms with Crippen molar-refractivity contribution in [3.05, 3.63) is 64.7 Å². The minimum Gasteiger partial charge on any atom is -0.485 e. The lowest BCUT2D eigenvalue weighted by molar-refractivity contribution is 0.0825. The Morgan fingerprint density at radius 2 is 1.83 bits per heavy atom. The highest BCUT2D eigenvalue weighted by atomic mass is 79.9. The molecule has 0 aliphatic carbocycles. The number of fused-ring (bicyclic) bond motifs is 1. The summed E-state index contributed by atoms with van der Waals surface area (Å²) in [7, 11) is 1.91. The highest BCUT2D eigenvalue weighted by Gasteiger charge is 2.27. The van der Waals surface area contributed by atoms with Crippen LogP contribution >= 0.6 is 27.7 Å². The summed E-state index contributed by atoms with van der Waals surface area (Å²) in [6, 6.07) is 15.3. The van der Waals surface area contributed by atoms with E-state index < -0.39 is 0 Å². The zero-order valence-corrected chi connectivity index (χ0v) is 18.3. The van der Waals surface area contributed by atoms with Gasteiger partial charge in [-0.15, -0.1) is 20.4 Å². The average molecular weight is 486 g/mol. The molecule has 0 fully saturated rings. The fourth-order valence-corrected chi connectivity index (χ4v) is 4.05. The van der Waals surface area contributed by atoms with Gasteiger partial charge in [-0.3, -0.25) is 0 Å². The number of ether oxygens (including phenoxy) is 2. The summed E-state index contributed by atoms with van der Waals surface area (Å²) < 4.78 is 20.5. The number of hydrogen-bond acceptors (Lipinski definition) is 8. The van der Waals surface area contributed by atoms with Crippen molar-refractivity contribution in [2.45, 2.75) is 17.0 Å². The largest absolute Gasteiger partial charge is 0.485 e. The van der Waals surface area contributed by atoms with Crippen LogP contribution in [0.15, 0.2) is 62.6 Å². The first-order chi connectivity index (χ1) is 14.7. The second-order valence-corrected chi connectivity index (χ2v) is 8.42. The monoisotopic (exact) mass is 485 g/mol. The summed E-state index contributed by atoms with van der Waals surface area (Å²) in [6.07, 6.45) is -0.320. The molecule has 3 heterocycles. The van der Waals surface area contributed by atoms with E-state index in [0.29, 0.717) is 35.7 Å².